The van der Waals surface area contributed by atoms with E-state index in [1.807, 2.05) is 36.1 Å². The van der Waals surface area contributed by atoms with E-state index in [1.54, 1.807) is 23.7 Å². The van der Waals surface area contributed by atoms with Crippen LogP contribution in [0.25, 0.3) is 0 Å². The number of likely N-dealkylation sites (tertiary alicyclic amines) is 1. The normalized spacial score (nSPS) is 18.8. The lowest BCUT2D eigenvalue weighted by Gasteiger charge is -2.24. The number of carbonyl (C=O) groups is 1. The van der Waals surface area contributed by atoms with Gasteiger partial charge in [-0.1, -0.05) is 0 Å². The number of aryl methyl sites for hydroxylation is 1. The van der Waals surface area contributed by atoms with Gasteiger partial charge in [0.2, 0.25) is 0 Å². The average molecular weight is 272 g/mol. The standard InChI is InChI=1S/C15H16N2OS/c1-11-4-5-14(19-11)15(18)17-10-2-3-13(17)12-6-8-16-9-7-12/h4-9,13H,2-3,10H2,1H3/t13-/m1/s1. The van der Waals surface area contributed by atoms with Crippen molar-refractivity contribution in [2.24, 2.45) is 0 Å². The van der Waals surface area contributed by atoms with Gasteiger partial charge < -0.3 is 4.90 Å². The molecule has 19 heavy (non-hydrogen) atoms. The lowest BCUT2D eigenvalue weighted by atomic mass is 10.1. The zero-order chi connectivity index (χ0) is 13.2. The summed E-state index contributed by atoms with van der Waals surface area (Å²) >= 11 is 1.58. The molecular weight excluding hydrogens is 256 g/mol. The molecule has 1 atom stereocenters. The summed E-state index contributed by atoms with van der Waals surface area (Å²) in [6, 6.07) is 8.17. The molecule has 0 unspecified atom stereocenters. The summed E-state index contributed by atoms with van der Waals surface area (Å²) in [5, 5.41) is 0. The summed E-state index contributed by atoms with van der Waals surface area (Å²) in [5.41, 5.74) is 1.19. The van der Waals surface area contributed by atoms with Gasteiger partial charge in [0, 0.05) is 23.8 Å². The topological polar surface area (TPSA) is 33.2 Å². The van der Waals surface area contributed by atoms with E-state index >= 15 is 0 Å². The van der Waals surface area contributed by atoms with Gasteiger partial charge in [0.25, 0.3) is 5.91 Å². The van der Waals surface area contributed by atoms with E-state index in [-0.39, 0.29) is 11.9 Å². The predicted molar refractivity (Wildman–Crippen MR) is 76.3 cm³/mol. The molecule has 2 aromatic rings. The molecule has 0 saturated carbocycles. The molecule has 1 aliphatic heterocycles. The van der Waals surface area contributed by atoms with E-state index < -0.39 is 0 Å². The van der Waals surface area contributed by atoms with Crippen LogP contribution in [0.15, 0.2) is 36.7 Å². The fourth-order valence-electron chi connectivity index (χ4n) is 2.63. The maximum Gasteiger partial charge on any atom is 0.264 e. The summed E-state index contributed by atoms with van der Waals surface area (Å²) in [6.45, 7) is 2.88. The average Bonchev–Trinajstić information content (AvgIpc) is 3.07. The van der Waals surface area contributed by atoms with Gasteiger partial charge in [0.05, 0.1) is 10.9 Å². The monoisotopic (exact) mass is 272 g/mol. The van der Waals surface area contributed by atoms with Gasteiger partial charge in [-0.3, -0.25) is 9.78 Å². The smallest absolute Gasteiger partial charge is 0.264 e. The van der Waals surface area contributed by atoms with Crippen LogP contribution in [0.5, 0.6) is 0 Å². The molecule has 0 N–H and O–H groups in total. The van der Waals surface area contributed by atoms with Crippen molar-refractivity contribution in [3.8, 4) is 0 Å². The van der Waals surface area contributed by atoms with E-state index in [0.717, 1.165) is 24.3 Å². The van der Waals surface area contributed by atoms with Crippen molar-refractivity contribution < 1.29 is 4.79 Å². The van der Waals surface area contributed by atoms with Gasteiger partial charge in [-0.05, 0) is 49.6 Å². The summed E-state index contributed by atoms with van der Waals surface area (Å²) in [4.78, 5) is 20.6. The van der Waals surface area contributed by atoms with Gasteiger partial charge in [-0.2, -0.15) is 0 Å². The summed E-state index contributed by atoms with van der Waals surface area (Å²) in [7, 11) is 0. The third kappa shape index (κ3) is 2.40. The highest BCUT2D eigenvalue weighted by Crippen LogP contribution is 2.33. The second-order valence-electron chi connectivity index (χ2n) is 4.85. The van der Waals surface area contributed by atoms with Crippen molar-refractivity contribution in [2.75, 3.05) is 6.54 Å². The zero-order valence-corrected chi connectivity index (χ0v) is 11.7. The Hall–Kier alpha value is -1.68. The van der Waals surface area contributed by atoms with Crippen LogP contribution in [-0.4, -0.2) is 22.3 Å². The molecule has 1 saturated heterocycles. The largest absolute Gasteiger partial charge is 0.331 e. The van der Waals surface area contributed by atoms with Gasteiger partial charge in [0.15, 0.2) is 0 Å². The van der Waals surface area contributed by atoms with Crippen LogP contribution < -0.4 is 0 Å². The molecule has 3 rings (SSSR count). The summed E-state index contributed by atoms with van der Waals surface area (Å²) in [5.74, 6) is 0.164. The van der Waals surface area contributed by atoms with Crippen molar-refractivity contribution >= 4 is 17.2 Å². The third-order valence-electron chi connectivity index (χ3n) is 3.56. The fourth-order valence-corrected chi connectivity index (χ4v) is 3.46. The van der Waals surface area contributed by atoms with Crippen molar-refractivity contribution in [1.29, 1.82) is 0 Å². The Kier molecular flexibility index (Phi) is 3.34. The third-order valence-corrected chi connectivity index (χ3v) is 4.54. The van der Waals surface area contributed by atoms with Gasteiger partial charge in [0.1, 0.15) is 0 Å². The first-order chi connectivity index (χ1) is 9.25. The Morgan fingerprint density at radius 1 is 1.32 bits per heavy atom. The molecule has 0 radical (unpaired) electrons. The van der Waals surface area contributed by atoms with E-state index in [9.17, 15) is 4.79 Å². The predicted octanol–water partition coefficient (Wildman–Crippen LogP) is 3.43. The Labute approximate surface area is 116 Å². The molecule has 1 fully saturated rings. The van der Waals surface area contributed by atoms with Gasteiger partial charge >= 0.3 is 0 Å². The first kappa shape index (κ1) is 12.4. The molecule has 98 valence electrons. The van der Waals surface area contributed by atoms with E-state index in [1.165, 1.54) is 10.4 Å². The molecule has 0 spiro atoms. The molecule has 1 aliphatic rings. The van der Waals surface area contributed by atoms with Crippen LogP contribution >= 0.6 is 11.3 Å². The molecule has 3 heterocycles. The van der Waals surface area contributed by atoms with Crippen LogP contribution in [-0.2, 0) is 0 Å². The SMILES string of the molecule is Cc1ccc(C(=O)N2CCC[C@@H]2c2ccncc2)s1. The van der Waals surface area contributed by atoms with Crippen LogP contribution in [0.4, 0.5) is 0 Å². The van der Waals surface area contributed by atoms with E-state index in [4.69, 9.17) is 0 Å². The summed E-state index contributed by atoms with van der Waals surface area (Å²) in [6.07, 6.45) is 5.71. The minimum absolute atomic E-state index is 0.164. The molecule has 0 aromatic carbocycles. The van der Waals surface area contributed by atoms with Crippen molar-refractivity contribution in [1.82, 2.24) is 9.88 Å². The molecule has 0 bridgehead atoms. The van der Waals surface area contributed by atoms with Crippen LogP contribution in [0.1, 0.15) is 39.0 Å². The number of pyridine rings is 1. The maximum absolute atomic E-state index is 12.6. The van der Waals surface area contributed by atoms with Gasteiger partial charge in [-0.25, -0.2) is 0 Å². The molecule has 3 nitrogen and oxygen atoms in total. The fraction of sp³-hybridized carbons (Fsp3) is 0.333. The Balaban J connectivity index is 1.86. The Morgan fingerprint density at radius 2 is 2.11 bits per heavy atom. The number of hydrogen-bond acceptors (Lipinski definition) is 3. The van der Waals surface area contributed by atoms with Crippen LogP contribution in [0.3, 0.4) is 0 Å². The van der Waals surface area contributed by atoms with Crippen molar-refractivity contribution in [2.45, 2.75) is 25.8 Å². The second-order valence-corrected chi connectivity index (χ2v) is 6.14. The Morgan fingerprint density at radius 3 is 2.79 bits per heavy atom. The minimum Gasteiger partial charge on any atom is -0.331 e. The van der Waals surface area contributed by atoms with Crippen molar-refractivity contribution in [3.05, 3.63) is 52.0 Å². The number of thiophene rings is 1. The second kappa shape index (κ2) is 5.13. The lowest BCUT2D eigenvalue weighted by Crippen LogP contribution is -2.29. The highest BCUT2D eigenvalue weighted by molar-refractivity contribution is 7.13. The maximum atomic E-state index is 12.6. The molecular formula is C15H16N2OS. The Bertz CT molecular complexity index is 579. The zero-order valence-electron chi connectivity index (χ0n) is 10.9. The number of aromatic nitrogens is 1. The number of amides is 1. The number of nitrogens with zero attached hydrogens (tertiary/aromatic N) is 2. The summed E-state index contributed by atoms with van der Waals surface area (Å²) < 4.78 is 0. The molecule has 2 aromatic heterocycles. The number of carbonyl (C=O) groups excluding carboxylic acids is 1. The lowest BCUT2D eigenvalue weighted by molar-refractivity contribution is 0.0740. The highest BCUT2D eigenvalue weighted by atomic mass is 32.1. The molecule has 0 aliphatic carbocycles. The number of rotatable bonds is 2. The highest BCUT2D eigenvalue weighted by Gasteiger charge is 2.30. The quantitative estimate of drug-likeness (QED) is 0.839. The minimum atomic E-state index is 0.164. The first-order valence-corrected chi connectivity index (χ1v) is 7.34. The molecule has 4 heteroatoms. The van der Waals surface area contributed by atoms with E-state index in [0.29, 0.717) is 0 Å². The first-order valence-electron chi connectivity index (χ1n) is 6.53. The molecule has 1 amide bonds. The van der Waals surface area contributed by atoms with Crippen molar-refractivity contribution in [3.63, 3.8) is 0 Å². The van der Waals surface area contributed by atoms with E-state index in [2.05, 4.69) is 4.98 Å². The number of hydrogen-bond donors (Lipinski definition) is 0. The van der Waals surface area contributed by atoms with Gasteiger partial charge in [-0.15, -0.1) is 11.3 Å². The van der Waals surface area contributed by atoms with Crippen LogP contribution in [0.2, 0.25) is 0 Å². The van der Waals surface area contributed by atoms with Crippen LogP contribution in [0, 0.1) is 6.92 Å².